The predicted molar refractivity (Wildman–Crippen MR) is 142 cm³/mol. The number of ether oxygens (including phenoxy) is 2. The molecule has 5 heteroatoms. The molecule has 1 aromatic heterocycles. The van der Waals surface area contributed by atoms with E-state index in [1.54, 1.807) is 12.4 Å². The Morgan fingerprint density at radius 3 is 2.15 bits per heavy atom. The van der Waals surface area contributed by atoms with E-state index in [0.29, 0.717) is 5.82 Å². The third kappa shape index (κ3) is 10.7. The van der Waals surface area contributed by atoms with E-state index in [1.165, 1.54) is 56.6 Å². The topological polar surface area (TPSA) is 44.2 Å². The van der Waals surface area contributed by atoms with Gasteiger partial charge >= 0.3 is 0 Å². The molecule has 0 saturated carbocycles. The van der Waals surface area contributed by atoms with E-state index >= 15 is 0 Å². The zero-order valence-electron chi connectivity index (χ0n) is 21.5. The number of benzene rings is 1. The van der Waals surface area contributed by atoms with Gasteiger partial charge in [-0.3, -0.25) is 0 Å². The van der Waals surface area contributed by atoms with E-state index in [1.807, 2.05) is 0 Å². The smallest absolute Gasteiger partial charge is 0.163 e. The maximum atomic E-state index is 6.35. The van der Waals surface area contributed by atoms with Gasteiger partial charge in [0, 0.05) is 8.80 Å². The second kappa shape index (κ2) is 16.7. The molecule has 33 heavy (non-hydrogen) atoms. The van der Waals surface area contributed by atoms with Gasteiger partial charge in [-0.2, -0.15) is 0 Å². The molecule has 0 N–H and O–H groups in total. The summed E-state index contributed by atoms with van der Waals surface area (Å²) < 4.78 is 12.2. The summed E-state index contributed by atoms with van der Waals surface area (Å²) in [6.45, 7) is 10.7. The van der Waals surface area contributed by atoms with Crippen LogP contribution in [-0.4, -0.2) is 32.0 Å². The van der Waals surface area contributed by atoms with Crippen LogP contribution in [0.4, 0.5) is 0 Å². The first kappa shape index (κ1) is 27.4. The van der Waals surface area contributed by atoms with Crippen molar-refractivity contribution < 1.29 is 9.47 Å². The Morgan fingerprint density at radius 2 is 1.42 bits per heavy atom. The van der Waals surface area contributed by atoms with Crippen LogP contribution in [0.3, 0.4) is 0 Å². The van der Waals surface area contributed by atoms with E-state index < -0.39 is 0 Å². The van der Waals surface area contributed by atoms with Gasteiger partial charge in [-0.05, 0) is 37.3 Å². The summed E-state index contributed by atoms with van der Waals surface area (Å²) >= 11 is 0. The lowest BCUT2D eigenvalue weighted by atomic mass is 10.0. The Kier molecular flexibility index (Phi) is 13.8. The van der Waals surface area contributed by atoms with E-state index in [0.717, 1.165) is 56.0 Å². The predicted octanol–water partition coefficient (Wildman–Crippen LogP) is 8.14. The van der Waals surface area contributed by atoms with Crippen molar-refractivity contribution in [2.75, 3.05) is 13.2 Å². The van der Waals surface area contributed by atoms with Crippen LogP contribution in [0.2, 0.25) is 19.1 Å². The first-order valence-electron chi connectivity index (χ1n) is 13.1. The van der Waals surface area contributed by atoms with Gasteiger partial charge in [0.2, 0.25) is 0 Å². The summed E-state index contributed by atoms with van der Waals surface area (Å²) in [4.78, 5) is 9.25. The summed E-state index contributed by atoms with van der Waals surface area (Å²) in [6, 6.07) is 7.71. The largest absolute Gasteiger partial charge is 0.493 e. The second-order valence-electron chi connectivity index (χ2n) is 9.27. The van der Waals surface area contributed by atoms with E-state index in [9.17, 15) is 0 Å². The molecule has 2 rings (SSSR count). The number of aromatic nitrogens is 2. The van der Waals surface area contributed by atoms with Crippen molar-refractivity contribution >= 4 is 8.80 Å². The highest BCUT2D eigenvalue weighted by molar-refractivity contribution is 6.55. The highest BCUT2D eigenvalue weighted by Gasteiger charge is 2.14. The Morgan fingerprint density at radius 1 is 0.758 bits per heavy atom. The number of hydrogen-bond acceptors (Lipinski definition) is 4. The number of rotatable bonds is 18. The summed E-state index contributed by atoms with van der Waals surface area (Å²) in [5.41, 5.74) is 2.25. The fourth-order valence-electron chi connectivity index (χ4n) is 3.85. The highest BCUT2D eigenvalue weighted by Crippen LogP contribution is 2.33. The van der Waals surface area contributed by atoms with Crippen LogP contribution < -0.4 is 9.47 Å². The van der Waals surface area contributed by atoms with Crippen LogP contribution >= 0.6 is 0 Å². The molecule has 0 saturated heterocycles. The standard InChI is InChI=1S/C28H45N2O2Si/c1-5-7-9-10-11-12-19-31-25-22-29-28(30-23-25)26-18-15-17-24(16-8-6-2)27(26)32-20-13-14-21-33(3)4/h15,17-18,22-23H,5-14,16,19-21H2,1-4H3. The Hall–Kier alpha value is -1.88. The minimum Gasteiger partial charge on any atom is -0.493 e. The summed E-state index contributed by atoms with van der Waals surface area (Å²) in [5.74, 6) is 2.42. The Labute approximate surface area is 204 Å². The van der Waals surface area contributed by atoms with E-state index in [2.05, 4.69) is 55.1 Å². The number of nitrogens with zero attached hydrogens (tertiary/aromatic N) is 2. The lowest BCUT2D eigenvalue weighted by Gasteiger charge is -2.16. The third-order valence-corrected chi connectivity index (χ3v) is 7.20. The normalized spacial score (nSPS) is 11.2. The molecule has 183 valence electrons. The molecule has 4 nitrogen and oxygen atoms in total. The van der Waals surface area contributed by atoms with Crippen LogP contribution in [0.15, 0.2) is 30.6 Å². The van der Waals surface area contributed by atoms with Gasteiger partial charge in [0.15, 0.2) is 11.6 Å². The van der Waals surface area contributed by atoms with Crippen LogP contribution in [0.1, 0.15) is 83.6 Å². The molecule has 0 aliphatic rings. The molecule has 1 aromatic carbocycles. The number of unbranched alkanes of at least 4 members (excludes halogenated alkanes) is 7. The maximum Gasteiger partial charge on any atom is 0.163 e. The second-order valence-corrected chi connectivity index (χ2v) is 12.2. The zero-order valence-corrected chi connectivity index (χ0v) is 22.5. The van der Waals surface area contributed by atoms with Gasteiger partial charge in [0.25, 0.3) is 0 Å². The van der Waals surface area contributed by atoms with Gasteiger partial charge in [-0.1, -0.05) is 90.1 Å². The quantitative estimate of drug-likeness (QED) is 0.163. The molecule has 1 heterocycles. The first-order chi connectivity index (χ1) is 16.2. The first-order valence-corrected chi connectivity index (χ1v) is 15.8. The van der Waals surface area contributed by atoms with Crippen molar-refractivity contribution in [3.05, 3.63) is 36.2 Å². The van der Waals surface area contributed by atoms with Crippen molar-refractivity contribution in [1.82, 2.24) is 9.97 Å². The molecule has 0 unspecified atom stereocenters. The summed E-state index contributed by atoms with van der Waals surface area (Å²) in [7, 11) is -0.155. The van der Waals surface area contributed by atoms with E-state index in [-0.39, 0.29) is 8.80 Å². The molecule has 0 fully saturated rings. The molecule has 0 aliphatic heterocycles. The minimum atomic E-state index is -0.155. The third-order valence-electron chi connectivity index (χ3n) is 5.85. The molecular weight excluding hydrogens is 424 g/mol. The monoisotopic (exact) mass is 469 g/mol. The molecule has 0 aliphatic carbocycles. The highest BCUT2D eigenvalue weighted by atomic mass is 28.3. The Bertz CT molecular complexity index is 765. The van der Waals surface area contributed by atoms with Gasteiger partial charge < -0.3 is 9.47 Å². The van der Waals surface area contributed by atoms with Crippen LogP contribution in [0.25, 0.3) is 11.4 Å². The fourth-order valence-corrected chi connectivity index (χ4v) is 4.81. The van der Waals surface area contributed by atoms with Gasteiger partial charge in [0.1, 0.15) is 5.75 Å². The van der Waals surface area contributed by atoms with Crippen LogP contribution in [-0.2, 0) is 6.42 Å². The molecule has 1 radical (unpaired) electrons. The maximum absolute atomic E-state index is 6.35. The van der Waals surface area contributed by atoms with Gasteiger partial charge in [0.05, 0.1) is 31.2 Å². The number of hydrogen-bond donors (Lipinski definition) is 0. The van der Waals surface area contributed by atoms with Crippen molar-refractivity contribution in [1.29, 1.82) is 0 Å². The average molecular weight is 470 g/mol. The number of aryl methyl sites for hydroxylation is 1. The molecule has 0 bridgehead atoms. The average Bonchev–Trinajstić information content (AvgIpc) is 2.82. The number of para-hydroxylation sites is 1. The minimum absolute atomic E-state index is 0.155. The van der Waals surface area contributed by atoms with Crippen molar-refractivity contribution in [2.24, 2.45) is 0 Å². The lowest BCUT2D eigenvalue weighted by molar-refractivity contribution is 0.301. The summed E-state index contributed by atoms with van der Waals surface area (Å²) in [6.07, 6.45) is 16.8. The van der Waals surface area contributed by atoms with Gasteiger partial charge in [-0.15, -0.1) is 0 Å². The van der Waals surface area contributed by atoms with Crippen LogP contribution in [0, 0.1) is 0 Å². The molecule has 0 spiro atoms. The van der Waals surface area contributed by atoms with Gasteiger partial charge in [-0.25, -0.2) is 9.97 Å². The van der Waals surface area contributed by atoms with E-state index in [4.69, 9.17) is 9.47 Å². The zero-order chi connectivity index (χ0) is 23.7. The Balaban J connectivity index is 1.98. The molecule has 2 aromatic rings. The van der Waals surface area contributed by atoms with Crippen molar-refractivity contribution in [3.63, 3.8) is 0 Å². The fraction of sp³-hybridized carbons (Fsp3) is 0.643. The lowest BCUT2D eigenvalue weighted by Crippen LogP contribution is -2.05. The van der Waals surface area contributed by atoms with Crippen molar-refractivity contribution in [3.8, 4) is 22.9 Å². The SMILES string of the molecule is CCCCCCCCOc1cnc(-c2cccc(CCCC)c2OCCCC[Si](C)C)nc1. The molecule has 0 atom stereocenters. The van der Waals surface area contributed by atoms with Crippen molar-refractivity contribution in [2.45, 2.75) is 104 Å². The molecular formula is C28H45N2O2Si. The molecule has 0 amide bonds. The van der Waals surface area contributed by atoms with Crippen LogP contribution in [0.5, 0.6) is 11.5 Å². The summed E-state index contributed by atoms with van der Waals surface area (Å²) in [5, 5.41) is 0.